The average molecular weight is 444 g/mol. The SMILES string of the molecule is COCC1(C(=O)NCCCc2cc(N)n(-c3ccccc3)n2)CCNCC1.Cl.Cl. The van der Waals surface area contributed by atoms with E-state index in [9.17, 15) is 4.79 Å². The number of aromatic nitrogens is 2. The molecule has 1 aromatic carbocycles. The summed E-state index contributed by atoms with van der Waals surface area (Å²) in [4.78, 5) is 12.7. The number of nitrogens with two attached hydrogens (primary N) is 1. The van der Waals surface area contributed by atoms with Crippen molar-refractivity contribution in [1.29, 1.82) is 0 Å². The Labute approximate surface area is 184 Å². The second-order valence-electron chi connectivity index (χ2n) is 7.13. The fraction of sp³-hybridized carbons (Fsp3) is 0.500. The van der Waals surface area contributed by atoms with Gasteiger partial charge in [-0.25, -0.2) is 4.68 Å². The number of para-hydroxylation sites is 1. The summed E-state index contributed by atoms with van der Waals surface area (Å²) in [7, 11) is 1.66. The van der Waals surface area contributed by atoms with E-state index in [-0.39, 0.29) is 30.7 Å². The van der Waals surface area contributed by atoms with E-state index in [0.717, 1.165) is 50.2 Å². The number of anilines is 1. The zero-order valence-electron chi connectivity index (χ0n) is 16.7. The average Bonchev–Trinajstić information content (AvgIpc) is 3.07. The lowest BCUT2D eigenvalue weighted by Crippen LogP contribution is -2.50. The van der Waals surface area contributed by atoms with Crippen LogP contribution in [-0.4, -0.2) is 49.0 Å². The zero-order valence-corrected chi connectivity index (χ0v) is 18.4. The standard InChI is InChI=1S/C20H29N5O2.2ClH/c1-27-15-20(9-12-22-13-10-20)19(26)23-11-5-6-16-14-18(21)25(24-16)17-7-3-2-4-8-17;;/h2-4,7-8,14,22H,5-6,9-13,15,21H2,1H3,(H,23,26);2*1H. The van der Waals surface area contributed by atoms with Crippen LogP contribution in [0.1, 0.15) is 25.0 Å². The molecule has 0 bridgehead atoms. The van der Waals surface area contributed by atoms with Crippen LogP contribution < -0.4 is 16.4 Å². The number of carbonyl (C=O) groups is 1. The first-order valence-electron chi connectivity index (χ1n) is 9.52. The van der Waals surface area contributed by atoms with Gasteiger partial charge in [-0.2, -0.15) is 5.10 Å². The monoisotopic (exact) mass is 443 g/mol. The van der Waals surface area contributed by atoms with Crippen molar-refractivity contribution in [3.63, 3.8) is 0 Å². The van der Waals surface area contributed by atoms with E-state index >= 15 is 0 Å². The van der Waals surface area contributed by atoms with Crippen LogP contribution >= 0.6 is 24.8 Å². The molecule has 1 fully saturated rings. The van der Waals surface area contributed by atoms with Crippen LogP contribution in [0.2, 0.25) is 0 Å². The first-order valence-corrected chi connectivity index (χ1v) is 9.52. The number of nitrogens with one attached hydrogen (secondary N) is 2. The van der Waals surface area contributed by atoms with Crippen molar-refractivity contribution in [2.24, 2.45) is 5.41 Å². The van der Waals surface area contributed by atoms with Gasteiger partial charge >= 0.3 is 0 Å². The molecular formula is C20H31Cl2N5O2. The van der Waals surface area contributed by atoms with E-state index in [1.165, 1.54) is 0 Å². The number of hydrogen-bond acceptors (Lipinski definition) is 5. The predicted octanol–water partition coefficient (Wildman–Crippen LogP) is 2.36. The minimum atomic E-state index is -0.403. The quantitative estimate of drug-likeness (QED) is 0.544. The molecule has 0 saturated carbocycles. The number of piperidine rings is 1. The first kappa shape index (κ1) is 25.2. The van der Waals surface area contributed by atoms with Gasteiger partial charge in [0.2, 0.25) is 5.91 Å². The lowest BCUT2D eigenvalue weighted by atomic mass is 9.78. The summed E-state index contributed by atoms with van der Waals surface area (Å²) in [6.07, 6.45) is 3.21. The van der Waals surface area contributed by atoms with E-state index in [1.54, 1.807) is 11.8 Å². The number of rotatable bonds is 8. The zero-order chi connectivity index (χ0) is 19.1. The Bertz CT molecular complexity index is 743. The van der Waals surface area contributed by atoms with E-state index in [0.29, 0.717) is 19.0 Å². The van der Waals surface area contributed by atoms with Crippen LogP contribution in [0.25, 0.3) is 5.69 Å². The highest BCUT2D eigenvalue weighted by molar-refractivity contribution is 5.85. The molecule has 29 heavy (non-hydrogen) atoms. The number of aryl methyl sites for hydroxylation is 1. The molecule has 7 nitrogen and oxygen atoms in total. The molecule has 2 aromatic rings. The van der Waals surface area contributed by atoms with Crippen LogP contribution in [0.4, 0.5) is 5.82 Å². The highest BCUT2D eigenvalue weighted by Crippen LogP contribution is 2.29. The van der Waals surface area contributed by atoms with Crippen LogP contribution in [0.3, 0.4) is 0 Å². The molecule has 4 N–H and O–H groups in total. The molecule has 162 valence electrons. The summed E-state index contributed by atoms with van der Waals surface area (Å²) in [5.74, 6) is 0.717. The summed E-state index contributed by atoms with van der Waals surface area (Å²) in [6.45, 7) is 2.80. The summed E-state index contributed by atoms with van der Waals surface area (Å²) in [5.41, 5.74) is 7.56. The summed E-state index contributed by atoms with van der Waals surface area (Å²) >= 11 is 0. The number of ether oxygens (including phenoxy) is 1. The fourth-order valence-corrected chi connectivity index (χ4v) is 3.62. The van der Waals surface area contributed by atoms with Crippen LogP contribution in [0, 0.1) is 5.41 Å². The van der Waals surface area contributed by atoms with E-state index in [1.807, 2.05) is 36.4 Å². The van der Waals surface area contributed by atoms with Gasteiger partial charge in [0, 0.05) is 19.7 Å². The Balaban J connectivity index is 0.00000210. The maximum atomic E-state index is 12.7. The molecule has 0 unspecified atom stereocenters. The van der Waals surface area contributed by atoms with E-state index < -0.39 is 5.41 Å². The Morgan fingerprint density at radius 2 is 1.97 bits per heavy atom. The number of nitrogen functional groups attached to an aromatic ring is 1. The maximum Gasteiger partial charge on any atom is 0.228 e. The molecule has 0 atom stereocenters. The highest BCUT2D eigenvalue weighted by atomic mass is 35.5. The lowest BCUT2D eigenvalue weighted by molar-refractivity contribution is -0.136. The smallest absolute Gasteiger partial charge is 0.228 e. The van der Waals surface area contributed by atoms with Crippen molar-refractivity contribution in [3.05, 3.63) is 42.1 Å². The van der Waals surface area contributed by atoms with Crippen molar-refractivity contribution >= 4 is 36.5 Å². The molecule has 1 aliphatic rings. The molecule has 0 spiro atoms. The molecule has 1 aromatic heterocycles. The Morgan fingerprint density at radius 3 is 2.62 bits per heavy atom. The van der Waals surface area contributed by atoms with Crippen molar-refractivity contribution in [3.8, 4) is 5.69 Å². The molecule has 1 saturated heterocycles. The molecule has 0 aliphatic carbocycles. The number of hydrogen-bond donors (Lipinski definition) is 3. The molecule has 1 aliphatic heterocycles. The topological polar surface area (TPSA) is 94.2 Å². The summed E-state index contributed by atoms with van der Waals surface area (Å²) in [5, 5.41) is 11.0. The number of halogens is 2. The van der Waals surface area contributed by atoms with Gasteiger partial charge < -0.3 is 21.1 Å². The predicted molar refractivity (Wildman–Crippen MR) is 120 cm³/mol. The van der Waals surface area contributed by atoms with Gasteiger partial charge in [-0.05, 0) is 50.9 Å². The lowest BCUT2D eigenvalue weighted by Gasteiger charge is -2.35. The van der Waals surface area contributed by atoms with Crippen LogP contribution in [0.5, 0.6) is 0 Å². The maximum absolute atomic E-state index is 12.7. The number of benzene rings is 1. The van der Waals surface area contributed by atoms with Crippen molar-refractivity contribution in [2.45, 2.75) is 25.7 Å². The minimum absolute atomic E-state index is 0. The van der Waals surface area contributed by atoms with E-state index in [4.69, 9.17) is 10.5 Å². The number of methoxy groups -OCH3 is 1. The van der Waals surface area contributed by atoms with Crippen molar-refractivity contribution in [1.82, 2.24) is 20.4 Å². The molecular weight excluding hydrogens is 413 g/mol. The minimum Gasteiger partial charge on any atom is -0.384 e. The van der Waals surface area contributed by atoms with Crippen LogP contribution in [0.15, 0.2) is 36.4 Å². The Hall–Kier alpha value is -1.80. The summed E-state index contributed by atoms with van der Waals surface area (Å²) < 4.78 is 7.07. The number of amides is 1. The molecule has 0 radical (unpaired) electrons. The summed E-state index contributed by atoms with van der Waals surface area (Å²) in [6, 6.07) is 11.7. The third kappa shape index (κ3) is 6.34. The Morgan fingerprint density at radius 1 is 1.28 bits per heavy atom. The number of nitrogens with zero attached hydrogens (tertiary/aromatic N) is 2. The van der Waals surface area contributed by atoms with Gasteiger partial charge in [0.15, 0.2) is 0 Å². The van der Waals surface area contributed by atoms with Gasteiger partial charge in [0.25, 0.3) is 0 Å². The molecule has 1 amide bonds. The van der Waals surface area contributed by atoms with Gasteiger partial charge in [-0.1, -0.05) is 18.2 Å². The first-order chi connectivity index (χ1) is 13.1. The molecule has 9 heteroatoms. The van der Waals surface area contributed by atoms with Gasteiger partial charge in [0.05, 0.1) is 23.4 Å². The van der Waals surface area contributed by atoms with Gasteiger partial charge in [-0.3, -0.25) is 4.79 Å². The molecule has 2 heterocycles. The number of carbonyl (C=O) groups excluding carboxylic acids is 1. The van der Waals surface area contributed by atoms with Crippen molar-refractivity contribution < 1.29 is 9.53 Å². The Kier molecular flexibility index (Phi) is 10.5. The molecule has 3 rings (SSSR count). The highest BCUT2D eigenvalue weighted by Gasteiger charge is 2.39. The van der Waals surface area contributed by atoms with Gasteiger partial charge in [-0.15, -0.1) is 24.8 Å². The fourth-order valence-electron chi connectivity index (χ4n) is 3.62. The second-order valence-corrected chi connectivity index (χ2v) is 7.13. The third-order valence-electron chi connectivity index (χ3n) is 5.15. The van der Waals surface area contributed by atoms with Gasteiger partial charge in [0.1, 0.15) is 5.82 Å². The van der Waals surface area contributed by atoms with E-state index in [2.05, 4.69) is 15.7 Å². The third-order valence-corrected chi connectivity index (χ3v) is 5.15. The largest absolute Gasteiger partial charge is 0.384 e. The van der Waals surface area contributed by atoms with Crippen molar-refractivity contribution in [2.75, 3.05) is 39.1 Å². The van der Waals surface area contributed by atoms with Crippen LogP contribution in [-0.2, 0) is 16.0 Å². The normalized spacial score (nSPS) is 15.1. The second kappa shape index (κ2) is 12.0.